The molecule has 1 aromatic heterocycles. The Hall–Kier alpha value is -3.05. The van der Waals surface area contributed by atoms with Crippen molar-refractivity contribution in [1.29, 1.82) is 10.5 Å². The molecule has 0 radical (unpaired) electrons. The quantitative estimate of drug-likeness (QED) is 0.798. The molecule has 0 bridgehead atoms. The second-order valence-electron chi connectivity index (χ2n) is 6.15. The molecular weight excluding hydrogens is 290 g/mol. The third-order valence-corrected chi connectivity index (χ3v) is 3.26. The zero-order chi connectivity index (χ0) is 17.2. The summed E-state index contributed by atoms with van der Waals surface area (Å²) < 4.78 is 6.71. The summed E-state index contributed by atoms with van der Waals surface area (Å²) in [6.07, 6.45) is 0.961. The van der Waals surface area contributed by atoms with Gasteiger partial charge in [0.2, 0.25) is 0 Å². The van der Waals surface area contributed by atoms with Crippen LogP contribution in [-0.4, -0.2) is 16.3 Å². The predicted molar refractivity (Wildman–Crippen MR) is 85.7 cm³/mol. The van der Waals surface area contributed by atoms with E-state index in [9.17, 15) is 10.1 Å². The fourth-order valence-corrected chi connectivity index (χ4v) is 2.27. The van der Waals surface area contributed by atoms with Crippen LogP contribution in [0.15, 0.2) is 30.5 Å². The van der Waals surface area contributed by atoms with E-state index in [0.29, 0.717) is 22.4 Å². The third kappa shape index (κ3) is 3.41. The van der Waals surface area contributed by atoms with Crippen LogP contribution in [0.4, 0.5) is 4.79 Å². The number of carbonyl (C=O) groups is 1. The van der Waals surface area contributed by atoms with E-state index < -0.39 is 11.7 Å². The third-order valence-electron chi connectivity index (χ3n) is 3.26. The maximum Gasteiger partial charge on any atom is 0.418 e. The van der Waals surface area contributed by atoms with E-state index >= 15 is 0 Å². The second-order valence-corrected chi connectivity index (χ2v) is 6.15. The van der Waals surface area contributed by atoms with Crippen LogP contribution in [0.1, 0.15) is 37.6 Å². The average Bonchev–Trinajstić information content (AvgIpc) is 2.82. The first kappa shape index (κ1) is 16.3. The zero-order valence-electron chi connectivity index (χ0n) is 13.5. The predicted octanol–water partition coefficient (Wildman–Crippen LogP) is 3.99. The summed E-state index contributed by atoms with van der Waals surface area (Å²) in [4.78, 5) is 12.3. The average molecular weight is 307 g/mol. The second kappa shape index (κ2) is 5.98. The maximum absolute atomic E-state index is 12.3. The van der Waals surface area contributed by atoms with Crippen molar-refractivity contribution in [1.82, 2.24) is 4.57 Å². The van der Waals surface area contributed by atoms with Crippen molar-refractivity contribution in [3.8, 4) is 23.3 Å². The van der Waals surface area contributed by atoms with Crippen molar-refractivity contribution in [2.45, 2.75) is 33.3 Å². The van der Waals surface area contributed by atoms with Crippen LogP contribution < -0.4 is 0 Å². The molecule has 5 heteroatoms. The molecule has 0 aliphatic carbocycles. The Kier molecular flexibility index (Phi) is 4.24. The SMILES string of the molecule is Cc1c(-c2ccc(C#N)cc2)c(C#N)cn1C(=O)OC(C)(C)C. The van der Waals surface area contributed by atoms with Gasteiger partial charge in [0.1, 0.15) is 11.7 Å². The molecule has 2 aromatic rings. The molecule has 5 nitrogen and oxygen atoms in total. The van der Waals surface area contributed by atoms with Gasteiger partial charge < -0.3 is 4.74 Å². The van der Waals surface area contributed by atoms with Gasteiger partial charge in [0.05, 0.1) is 17.2 Å². The first-order valence-corrected chi connectivity index (χ1v) is 7.13. The van der Waals surface area contributed by atoms with Crippen molar-refractivity contribution >= 4 is 6.09 Å². The van der Waals surface area contributed by atoms with Gasteiger partial charge in [0.25, 0.3) is 0 Å². The molecule has 0 fully saturated rings. The Labute approximate surface area is 135 Å². The molecule has 0 aliphatic heterocycles. The van der Waals surface area contributed by atoms with E-state index in [2.05, 4.69) is 12.1 Å². The largest absolute Gasteiger partial charge is 0.443 e. The fraction of sp³-hybridized carbons (Fsp3) is 0.278. The van der Waals surface area contributed by atoms with Crippen molar-refractivity contribution < 1.29 is 9.53 Å². The van der Waals surface area contributed by atoms with Gasteiger partial charge in [-0.1, -0.05) is 12.1 Å². The molecule has 1 heterocycles. The summed E-state index contributed by atoms with van der Waals surface area (Å²) in [7, 11) is 0. The number of nitriles is 2. The monoisotopic (exact) mass is 307 g/mol. The molecule has 23 heavy (non-hydrogen) atoms. The number of benzene rings is 1. The summed E-state index contributed by atoms with van der Waals surface area (Å²) in [6, 6.07) is 11.1. The smallest absolute Gasteiger partial charge is 0.418 e. The Balaban J connectivity index is 2.51. The van der Waals surface area contributed by atoms with Crippen molar-refractivity contribution in [3.05, 3.63) is 47.3 Å². The van der Waals surface area contributed by atoms with Gasteiger partial charge in [0.15, 0.2) is 0 Å². The molecule has 0 spiro atoms. The summed E-state index contributed by atoms with van der Waals surface area (Å²) >= 11 is 0. The minimum atomic E-state index is -0.616. The lowest BCUT2D eigenvalue weighted by Gasteiger charge is -2.20. The summed E-state index contributed by atoms with van der Waals surface area (Å²) in [5, 5.41) is 18.2. The van der Waals surface area contributed by atoms with E-state index in [1.807, 2.05) is 0 Å². The molecule has 0 amide bonds. The van der Waals surface area contributed by atoms with Gasteiger partial charge in [-0.15, -0.1) is 0 Å². The van der Waals surface area contributed by atoms with E-state index in [1.54, 1.807) is 52.0 Å². The minimum absolute atomic E-state index is 0.387. The van der Waals surface area contributed by atoms with E-state index in [-0.39, 0.29) is 0 Å². The molecule has 1 aromatic carbocycles. The van der Waals surface area contributed by atoms with Gasteiger partial charge in [-0.05, 0) is 45.4 Å². The highest BCUT2D eigenvalue weighted by molar-refractivity contribution is 5.81. The van der Waals surface area contributed by atoms with Crippen LogP contribution in [-0.2, 0) is 4.74 Å². The van der Waals surface area contributed by atoms with Crippen molar-refractivity contribution in [2.75, 3.05) is 0 Å². The van der Waals surface area contributed by atoms with Crippen LogP contribution in [0, 0.1) is 29.6 Å². The van der Waals surface area contributed by atoms with E-state index in [1.165, 1.54) is 10.8 Å². The normalized spacial score (nSPS) is 10.7. The zero-order valence-corrected chi connectivity index (χ0v) is 13.5. The molecule has 0 aliphatic rings. The van der Waals surface area contributed by atoms with Crippen LogP contribution in [0.3, 0.4) is 0 Å². The topological polar surface area (TPSA) is 78.8 Å². The summed E-state index contributed by atoms with van der Waals surface area (Å²) in [5.74, 6) is 0. The molecular formula is C18H17N3O2. The van der Waals surface area contributed by atoms with Gasteiger partial charge >= 0.3 is 6.09 Å². The Morgan fingerprint density at radius 3 is 2.22 bits per heavy atom. The summed E-state index contributed by atoms with van der Waals surface area (Å²) in [6.45, 7) is 7.13. The standard InChI is InChI=1S/C18H17N3O2/c1-12-16(14-7-5-13(9-19)6-8-14)15(10-20)11-21(12)17(22)23-18(2,3)4/h5-8,11H,1-4H3. The number of ether oxygens (including phenoxy) is 1. The van der Waals surface area contributed by atoms with Crippen molar-refractivity contribution in [3.63, 3.8) is 0 Å². The van der Waals surface area contributed by atoms with E-state index in [4.69, 9.17) is 10.00 Å². The Morgan fingerprint density at radius 1 is 1.13 bits per heavy atom. The maximum atomic E-state index is 12.3. The molecule has 0 unspecified atom stereocenters. The van der Waals surface area contributed by atoms with Crippen LogP contribution >= 0.6 is 0 Å². The highest BCUT2D eigenvalue weighted by Crippen LogP contribution is 2.29. The minimum Gasteiger partial charge on any atom is -0.443 e. The van der Waals surface area contributed by atoms with Crippen LogP contribution in [0.2, 0.25) is 0 Å². The van der Waals surface area contributed by atoms with Gasteiger partial charge in [-0.25, -0.2) is 4.79 Å². The number of hydrogen-bond acceptors (Lipinski definition) is 4. The Bertz CT molecular complexity index is 825. The van der Waals surface area contributed by atoms with Crippen molar-refractivity contribution in [2.24, 2.45) is 0 Å². The van der Waals surface area contributed by atoms with Gasteiger partial charge in [-0.2, -0.15) is 10.5 Å². The number of aromatic nitrogens is 1. The fourth-order valence-electron chi connectivity index (χ4n) is 2.27. The highest BCUT2D eigenvalue weighted by atomic mass is 16.6. The lowest BCUT2D eigenvalue weighted by Crippen LogP contribution is -2.27. The van der Waals surface area contributed by atoms with E-state index in [0.717, 1.165) is 5.56 Å². The number of carbonyl (C=O) groups excluding carboxylic acids is 1. The first-order valence-electron chi connectivity index (χ1n) is 7.13. The number of hydrogen-bond donors (Lipinski definition) is 0. The lowest BCUT2D eigenvalue weighted by molar-refractivity contribution is 0.0534. The van der Waals surface area contributed by atoms with Crippen LogP contribution in [0.25, 0.3) is 11.1 Å². The number of rotatable bonds is 1. The number of nitrogens with zero attached hydrogens (tertiary/aromatic N) is 3. The molecule has 0 saturated heterocycles. The molecule has 116 valence electrons. The van der Waals surface area contributed by atoms with Gasteiger partial charge in [0, 0.05) is 17.5 Å². The van der Waals surface area contributed by atoms with Crippen LogP contribution in [0.5, 0.6) is 0 Å². The van der Waals surface area contributed by atoms with Gasteiger partial charge in [-0.3, -0.25) is 4.57 Å². The summed E-state index contributed by atoms with van der Waals surface area (Å²) in [5.41, 5.74) is 2.38. The molecule has 2 rings (SSSR count). The molecule has 0 N–H and O–H groups in total. The lowest BCUT2D eigenvalue weighted by atomic mass is 10.0. The molecule has 0 atom stereocenters. The Morgan fingerprint density at radius 2 is 1.74 bits per heavy atom. The molecule has 0 saturated carbocycles. The highest BCUT2D eigenvalue weighted by Gasteiger charge is 2.22. The first-order chi connectivity index (χ1) is 10.8.